The highest BCUT2D eigenvalue weighted by atomic mass is 14.6. The third-order valence-corrected chi connectivity index (χ3v) is 5.83. The molecule has 0 radical (unpaired) electrons. The van der Waals surface area contributed by atoms with Crippen LogP contribution in [0.15, 0.2) is 18.2 Å². The first-order valence-electron chi connectivity index (χ1n) is 9.11. The van der Waals surface area contributed by atoms with Crippen LogP contribution in [0.25, 0.3) is 0 Å². The van der Waals surface area contributed by atoms with Gasteiger partial charge in [0, 0.05) is 0 Å². The molecule has 1 aliphatic carbocycles. The van der Waals surface area contributed by atoms with Gasteiger partial charge in [-0.25, -0.2) is 0 Å². The molecule has 1 aromatic carbocycles. The van der Waals surface area contributed by atoms with Crippen LogP contribution < -0.4 is 5.73 Å². The van der Waals surface area contributed by atoms with E-state index in [4.69, 9.17) is 5.73 Å². The van der Waals surface area contributed by atoms with Gasteiger partial charge in [-0.1, -0.05) is 59.2 Å². The molecule has 2 N–H and O–H groups in total. The van der Waals surface area contributed by atoms with Gasteiger partial charge in [-0.05, 0) is 72.1 Å². The average molecular weight is 302 g/mol. The molecule has 1 nitrogen and oxygen atoms in total. The Morgan fingerprint density at radius 3 is 2.36 bits per heavy atom. The lowest BCUT2D eigenvalue weighted by molar-refractivity contribution is 0.252. The number of hydrogen-bond acceptors (Lipinski definition) is 1. The van der Waals surface area contributed by atoms with Crippen molar-refractivity contribution in [2.24, 2.45) is 11.1 Å². The minimum absolute atomic E-state index is 0.275. The van der Waals surface area contributed by atoms with E-state index in [1.54, 1.807) is 11.1 Å². The summed E-state index contributed by atoms with van der Waals surface area (Å²) in [5.41, 5.74) is 11.3. The first kappa shape index (κ1) is 17.5. The third kappa shape index (κ3) is 3.93. The maximum atomic E-state index is 6.07. The molecule has 1 aliphatic rings. The molecule has 2 rings (SSSR count). The molecule has 0 amide bonds. The zero-order valence-corrected chi connectivity index (χ0v) is 15.3. The largest absolute Gasteiger partial charge is 0.330 e. The van der Waals surface area contributed by atoms with Crippen LogP contribution in [0.2, 0.25) is 0 Å². The molecule has 0 bridgehead atoms. The third-order valence-electron chi connectivity index (χ3n) is 5.83. The van der Waals surface area contributed by atoms with E-state index in [9.17, 15) is 0 Å². The summed E-state index contributed by atoms with van der Waals surface area (Å²) in [5, 5.41) is 0. The van der Waals surface area contributed by atoms with Crippen LogP contribution in [-0.2, 0) is 11.8 Å². The van der Waals surface area contributed by atoms with Crippen LogP contribution >= 0.6 is 0 Å². The van der Waals surface area contributed by atoms with Crippen LogP contribution in [0.4, 0.5) is 0 Å². The monoisotopic (exact) mass is 301 g/mol. The van der Waals surface area contributed by atoms with Crippen LogP contribution in [0, 0.1) is 5.41 Å². The predicted molar refractivity (Wildman–Crippen MR) is 97.5 cm³/mol. The fourth-order valence-electron chi connectivity index (χ4n) is 3.97. The molecular formula is C21H35N. The standard InChI is InChI=1S/C21H35N/c1-16(2)17-9-10-19-18(14-17)8-6-12-21(5,15-22)13-7-11-20(19,3)4/h9-10,14,16H,6-8,11-13,15,22H2,1-5H3. The molecule has 22 heavy (non-hydrogen) atoms. The Morgan fingerprint density at radius 1 is 1.05 bits per heavy atom. The molecule has 0 saturated heterocycles. The van der Waals surface area contributed by atoms with E-state index in [1.165, 1.54) is 44.1 Å². The Bertz CT molecular complexity index is 501. The SMILES string of the molecule is CC(C)c1ccc2c(c1)CCCC(C)(CN)CCCC2(C)C. The van der Waals surface area contributed by atoms with Gasteiger partial charge in [0.2, 0.25) is 0 Å². The zero-order chi connectivity index (χ0) is 16.4. The van der Waals surface area contributed by atoms with E-state index >= 15 is 0 Å². The summed E-state index contributed by atoms with van der Waals surface area (Å²) in [7, 11) is 0. The number of rotatable bonds is 2. The van der Waals surface area contributed by atoms with E-state index in [2.05, 4.69) is 52.8 Å². The molecule has 0 aromatic heterocycles. The van der Waals surface area contributed by atoms with Crippen molar-refractivity contribution in [3.63, 3.8) is 0 Å². The molecule has 0 saturated carbocycles. The van der Waals surface area contributed by atoms with Crippen LogP contribution in [0.1, 0.15) is 89.3 Å². The second-order valence-corrected chi connectivity index (χ2v) is 8.68. The van der Waals surface area contributed by atoms with Crippen molar-refractivity contribution >= 4 is 0 Å². The van der Waals surface area contributed by atoms with E-state index in [-0.39, 0.29) is 5.41 Å². The van der Waals surface area contributed by atoms with Gasteiger partial charge in [0.15, 0.2) is 0 Å². The van der Waals surface area contributed by atoms with Gasteiger partial charge in [0.1, 0.15) is 0 Å². The summed E-state index contributed by atoms with van der Waals surface area (Å²) in [5.74, 6) is 0.609. The number of benzene rings is 1. The summed E-state index contributed by atoms with van der Waals surface area (Å²) < 4.78 is 0. The first-order valence-corrected chi connectivity index (χ1v) is 9.11. The zero-order valence-electron chi connectivity index (χ0n) is 15.3. The summed E-state index contributed by atoms with van der Waals surface area (Å²) in [6.45, 7) is 12.6. The van der Waals surface area contributed by atoms with E-state index < -0.39 is 0 Å². The van der Waals surface area contributed by atoms with Gasteiger partial charge in [-0.15, -0.1) is 0 Å². The van der Waals surface area contributed by atoms with Crippen molar-refractivity contribution in [3.8, 4) is 0 Å². The maximum absolute atomic E-state index is 6.07. The number of nitrogens with two attached hydrogens (primary N) is 1. The van der Waals surface area contributed by atoms with E-state index in [0.29, 0.717) is 11.3 Å². The minimum Gasteiger partial charge on any atom is -0.330 e. The molecule has 0 aliphatic heterocycles. The summed E-state index contributed by atoms with van der Waals surface area (Å²) in [4.78, 5) is 0. The van der Waals surface area contributed by atoms with Gasteiger partial charge in [0.25, 0.3) is 0 Å². The topological polar surface area (TPSA) is 26.0 Å². The second kappa shape index (κ2) is 6.74. The highest BCUT2D eigenvalue weighted by Gasteiger charge is 2.28. The Labute approximate surface area is 137 Å². The molecular weight excluding hydrogens is 266 g/mol. The van der Waals surface area contributed by atoms with E-state index in [1.807, 2.05) is 0 Å². The van der Waals surface area contributed by atoms with Crippen molar-refractivity contribution in [1.29, 1.82) is 0 Å². The highest BCUT2D eigenvalue weighted by Crippen LogP contribution is 2.38. The predicted octanol–water partition coefficient (Wildman–Crippen LogP) is 5.56. The fraction of sp³-hybridized carbons (Fsp3) is 0.714. The number of fused-ring (bicyclic) bond motifs is 1. The van der Waals surface area contributed by atoms with Crippen molar-refractivity contribution < 1.29 is 0 Å². The normalized spacial score (nSPS) is 25.8. The van der Waals surface area contributed by atoms with Gasteiger partial charge in [0.05, 0.1) is 0 Å². The number of hydrogen-bond donors (Lipinski definition) is 1. The lowest BCUT2D eigenvalue weighted by Gasteiger charge is -2.34. The molecule has 124 valence electrons. The quantitative estimate of drug-likeness (QED) is 0.760. The maximum Gasteiger partial charge on any atom is -0.00232 e. The molecule has 0 spiro atoms. The van der Waals surface area contributed by atoms with Gasteiger partial charge >= 0.3 is 0 Å². The van der Waals surface area contributed by atoms with Crippen molar-refractivity contribution in [3.05, 3.63) is 34.9 Å². The molecule has 1 unspecified atom stereocenters. The van der Waals surface area contributed by atoms with Crippen molar-refractivity contribution in [2.45, 2.75) is 84.5 Å². The first-order chi connectivity index (χ1) is 10.3. The minimum atomic E-state index is 0.275. The van der Waals surface area contributed by atoms with Gasteiger partial charge in [-0.3, -0.25) is 0 Å². The Hall–Kier alpha value is -0.820. The van der Waals surface area contributed by atoms with Gasteiger partial charge < -0.3 is 5.73 Å². The van der Waals surface area contributed by atoms with Crippen molar-refractivity contribution in [1.82, 2.24) is 0 Å². The molecule has 0 heterocycles. The molecule has 1 heteroatoms. The second-order valence-electron chi connectivity index (χ2n) is 8.68. The molecule has 0 fully saturated rings. The Balaban J connectivity index is 2.35. The summed E-state index contributed by atoms with van der Waals surface area (Å²) in [6, 6.07) is 7.23. The lowest BCUT2D eigenvalue weighted by atomic mass is 9.71. The average Bonchev–Trinajstić information content (AvgIpc) is 2.46. The summed E-state index contributed by atoms with van der Waals surface area (Å²) >= 11 is 0. The lowest BCUT2D eigenvalue weighted by Crippen LogP contribution is -2.29. The summed E-state index contributed by atoms with van der Waals surface area (Å²) in [6.07, 6.45) is 7.54. The molecule has 1 aromatic rings. The van der Waals surface area contributed by atoms with Crippen LogP contribution in [0.3, 0.4) is 0 Å². The Kier molecular flexibility index (Phi) is 5.37. The highest BCUT2D eigenvalue weighted by molar-refractivity contribution is 5.38. The Morgan fingerprint density at radius 2 is 1.73 bits per heavy atom. The fourth-order valence-corrected chi connectivity index (χ4v) is 3.97. The van der Waals surface area contributed by atoms with Crippen LogP contribution in [0.5, 0.6) is 0 Å². The van der Waals surface area contributed by atoms with Gasteiger partial charge in [-0.2, -0.15) is 0 Å². The van der Waals surface area contributed by atoms with Crippen LogP contribution in [-0.4, -0.2) is 6.54 Å². The molecule has 1 atom stereocenters. The van der Waals surface area contributed by atoms with Crippen molar-refractivity contribution in [2.75, 3.05) is 6.54 Å². The van der Waals surface area contributed by atoms with E-state index in [0.717, 1.165) is 6.54 Å². The number of aryl methyl sites for hydroxylation is 1. The smallest absolute Gasteiger partial charge is 0.00232 e.